The molecule has 4 rings (SSSR count). The number of hydrogen-bond donors (Lipinski definition) is 1. The minimum atomic E-state index is -0.196. The van der Waals surface area contributed by atoms with E-state index < -0.39 is 0 Å². The molecule has 32 heavy (non-hydrogen) atoms. The fourth-order valence-corrected chi connectivity index (χ4v) is 4.79. The molecule has 0 bridgehead atoms. The average molecular weight is 432 g/mol. The molecule has 1 aliphatic heterocycles. The highest BCUT2D eigenvalue weighted by Gasteiger charge is 2.23. The minimum Gasteiger partial charge on any atom is -0.469 e. The average Bonchev–Trinajstić information content (AvgIpc) is 3.24. The predicted molar refractivity (Wildman–Crippen MR) is 129 cm³/mol. The number of aromatic nitrogens is 2. The summed E-state index contributed by atoms with van der Waals surface area (Å²) in [6.07, 6.45) is 8.56. The smallest absolute Gasteiger partial charge is 0.306 e. The number of aryl methyl sites for hydroxylation is 2. The summed E-state index contributed by atoms with van der Waals surface area (Å²) in [6, 6.07) is 11.0. The summed E-state index contributed by atoms with van der Waals surface area (Å²) in [5, 5.41) is 3.45. The minimum absolute atomic E-state index is 0.0585. The number of benzene rings is 2. The maximum atomic E-state index is 12.3. The Morgan fingerprint density at radius 1 is 1.28 bits per heavy atom. The topological polar surface area (TPSA) is 56.2 Å². The summed E-state index contributed by atoms with van der Waals surface area (Å²) in [7, 11) is 1.46. The Bertz CT molecular complexity index is 1120. The third-order valence-electron chi connectivity index (χ3n) is 6.64. The van der Waals surface area contributed by atoms with E-state index in [9.17, 15) is 4.79 Å². The van der Waals surface area contributed by atoms with Crippen LogP contribution in [0.5, 0.6) is 0 Å². The number of nitrogens with one attached hydrogen (secondary N) is 1. The van der Waals surface area contributed by atoms with E-state index in [-0.39, 0.29) is 11.9 Å². The van der Waals surface area contributed by atoms with Gasteiger partial charge in [-0.15, -0.1) is 6.58 Å². The SMILES string of the molecule is C=CCCCCn1cnc2c(C)c([C@H](CC(=O)OC)c3ccc4c(c3)CNCC4)ccc21. The number of esters is 1. The second-order valence-corrected chi connectivity index (χ2v) is 8.66. The van der Waals surface area contributed by atoms with E-state index in [2.05, 4.69) is 53.7 Å². The number of nitrogens with zero attached hydrogens (tertiary/aromatic N) is 2. The van der Waals surface area contributed by atoms with Gasteiger partial charge >= 0.3 is 5.97 Å². The molecule has 1 N–H and O–H groups in total. The van der Waals surface area contributed by atoms with E-state index >= 15 is 0 Å². The lowest BCUT2D eigenvalue weighted by atomic mass is 9.83. The number of ether oxygens (including phenoxy) is 1. The van der Waals surface area contributed by atoms with E-state index in [1.165, 1.54) is 18.2 Å². The number of carbonyl (C=O) groups is 1. The van der Waals surface area contributed by atoms with Crippen LogP contribution in [0.2, 0.25) is 0 Å². The van der Waals surface area contributed by atoms with Crippen LogP contribution < -0.4 is 5.32 Å². The van der Waals surface area contributed by atoms with Crippen LogP contribution in [0.15, 0.2) is 49.3 Å². The standard InChI is InChI=1S/C27H33N3O2/c1-4-5-6-7-14-30-18-29-27-19(2)23(10-11-25(27)30)24(16-26(31)32-3)21-9-8-20-12-13-28-17-22(20)15-21/h4,8-11,15,18,24,28H,1,5-7,12-14,16-17H2,2-3H3/t24-/m1/s1. The van der Waals surface area contributed by atoms with Gasteiger partial charge in [-0.1, -0.05) is 30.3 Å². The van der Waals surface area contributed by atoms with E-state index in [4.69, 9.17) is 9.72 Å². The first-order valence-electron chi connectivity index (χ1n) is 11.6. The zero-order chi connectivity index (χ0) is 22.5. The number of unbranched alkanes of at least 4 members (excludes halogenated alkanes) is 2. The van der Waals surface area contributed by atoms with Gasteiger partial charge in [-0.3, -0.25) is 4.79 Å². The van der Waals surface area contributed by atoms with Crippen molar-refractivity contribution in [2.45, 2.75) is 58.0 Å². The van der Waals surface area contributed by atoms with Crippen LogP contribution in [0, 0.1) is 6.92 Å². The molecule has 0 saturated heterocycles. The normalized spacial score (nSPS) is 14.2. The Labute approximate surface area is 190 Å². The summed E-state index contributed by atoms with van der Waals surface area (Å²) in [5.74, 6) is -0.255. The Kier molecular flexibility index (Phi) is 7.05. The van der Waals surface area contributed by atoms with Gasteiger partial charge in [-0.05, 0) is 73.0 Å². The van der Waals surface area contributed by atoms with Crippen molar-refractivity contribution in [3.8, 4) is 0 Å². The number of carbonyl (C=O) groups excluding carboxylic acids is 1. The molecule has 2 aromatic carbocycles. The van der Waals surface area contributed by atoms with E-state index in [0.717, 1.165) is 73.0 Å². The van der Waals surface area contributed by atoms with Crippen LogP contribution in [0.4, 0.5) is 0 Å². The van der Waals surface area contributed by atoms with Crippen molar-refractivity contribution < 1.29 is 9.53 Å². The first-order valence-corrected chi connectivity index (χ1v) is 11.6. The summed E-state index contributed by atoms with van der Waals surface area (Å²) >= 11 is 0. The third-order valence-corrected chi connectivity index (χ3v) is 6.64. The van der Waals surface area contributed by atoms with Gasteiger partial charge in [0.2, 0.25) is 0 Å². The molecule has 2 heterocycles. The summed E-state index contributed by atoms with van der Waals surface area (Å²) in [6.45, 7) is 8.77. The van der Waals surface area contributed by atoms with E-state index in [1.807, 2.05) is 12.4 Å². The third kappa shape index (κ3) is 4.63. The van der Waals surface area contributed by atoms with Crippen LogP contribution in [-0.4, -0.2) is 29.2 Å². The lowest BCUT2D eigenvalue weighted by Gasteiger charge is -2.23. The molecule has 0 unspecified atom stereocenters. The zero-order valence-electron chi connectivity index (χ0n) is 19.2. The predicted octanol–water partition coefficient (Wildman–Crippen LogP) is 5.04. The first-order chi connectivity index (χ1) is 15.6. The first kappa shape index (κ1) is 22.3. The molecule has 3 aromatic rings. The highest BCUT2D eigenvalue weighted by atomic mass is 16.5. The van der Waals surface area contributed by atoms with Gasteiger partial charge in [0.1, 0.15) is 0 Å². The second-order valence-electron chi connectivity index (χ2n) is 8.66. The molecule has 168 valence electrons. The van der Waals surface area contributed by atoms with Crippen LogP contribution >= 0.6 is 0 Å². The number of methoxy groups -OCH3 is 1. The Hall–Kier alpha value is -2.92. The van der Waals surface area contributed by atoms with Crippen molar-refractivity contribution >= 4 is 17.0 Å². The van der Waals surface area contributed by atoms with Crippen LogP contribution in [0.3, 0.4) is 0 Å². The Morgan fingerprint density at radius 3 is 2.97 bits per heavy atom. The number of imidazole rings is 1. The monoisotopic (exact) mass is 431 g/mol. The van der Waals surface area contributed by atoms with Crippen molar-refractivity contribution in [1.82, 2.24) is 14.9 Å². The second kappa shape index (κ2) is 10.1. The van der Waals surface area contributed by atoms with Crippen LogP contribution in [0.25, 0.3) is 11.0 Å². The summed E-state index contributed by atoms with van der Waals surface area (Å²) in [4.78, 5) is 17.1. The van der Waals surface area contributed by atoms with Crippen LogP contribution in [0.1, 0.15) is 59.4 Å². The maximum absolute atomic E-state index is 12.3. The quantitative estimate of drug-likeness (QED) is 0.293. The molecule has 5 nitrogen and oxygen atoms in total. The van der Waals surface area contributed by atoms with Gasteiger partial charge in [-0.25, -0.2) is 4.98 Å². The lowest BCUT2D eigenvalue weighted by molar-refractivity contribution is -0.140. The molecule has 1 aromatic heterocycles. The fourth-order valence-electron chi connectivity index (χ4n) is 4.79. The van der Waals surface area contributed by atoms with Gasteiger partial charge in [0.15, 0.2) is 0 Å². The van der Waals surface area contributed by atoms with Crippen molar-refractivity contribution in [2.24, 2.45) is 0 Å². The molecule has 1 aliphatic rings. The highest BCUT2D eigenvalue weighted by molar-refractivity contribution is 5.81. The van der Waals surface area contributed by atoms with Gasteiger partial charge in [0.05, 0.1) is 30.9 Å². The van der Waals surface area contributed by atoms with Crippen molar-refractivity contribution in [3.63, 3.8) is 0 Å². The number of rotatable bonds is 9. The zero-order valence-corrected chi connectivity index (χ0v) is 19.2. The molecular formula is C27H33N3O2. The summed E-state index contributed by atoms with van der Waals surface area (Å²) < 4.78 is 7.29. The van der Waals surface area contributed by atoms with Crippen molar-refractivity contribution in [1.29, 1.82) is 0 Å². The maximum Gasteiger partial charge on any atom is 0.306 e. The molecular weight excluding hydrogens is 398 g/mol. The van der Waals surface area contributed by atoms with Crippen LogP contribution in [-0.2, 0) is 29.0 Å². The van der Waals surface area contributed by atoms with E-state index in [0.29, 0.717) is 6.42 Å². The van der Waals surface area contributed by atoms with Gasteiger partial charge < -0.3 is 14.6 Å². The van der Waals surface area contributed by atoms with Gasteiger partial charge in [-0.2, -0.15) is 0 Å². The van der Waals surface area contributed by atoms with Gasteiger partial charge in [0.25, 0.3) is 0 Å². The highest BCUT2D eigenvalue weighted by Crippen LogP contribution is 2.35. The van der Waals surface area contributed by atoms with E-state index in [1.54, 1.807) is 0 Å². The molecule has 5 heteroatoms. The van der Waals surface area contributed by atoms with Crippen molar-refractivity contribution in [2.75, 3.05) is 13.7 Å². The number of fused-ring (bicyclic) bond motifs is 2. The fraction of sp³-hybridized carbons (Fsp3) is 0.407. The number of hydrogen-bond acceptors (Lipinski definition) is 4. The number of allylic oxidation sites excluding steroid dienone is 1. The molecule has 0 spiro atoms. The molecule has 1 atom stereocenters. The molecule has 0 aliphatic carbocycles. The molecule has 0 amide bonds. The summed E-state index contributed by atoms with van der Waals surface area (Å²) in [5.41, 5.74) is 8.32. The molecule has 0 radical (unpaired) electrons. The Morgan fingerprint density at radius 2 is 2.16 bits per heavy atom. The lowest BCUT2D eigenvalue weighted by Crippen LogP contribution is -2.24. The van der Waals surface area contributed by atoms with Gasteiger partial charge in [0, 0.05) is 19.0 Å². The largest absolute Gasteiger partial charge is 0.469 e. The molecule has 0 saturated carbocycles. The van der Waals surface area contributed by atoms with Crippen molar-refractivity contribution in [3.05, 3.63) is 77.1 Å². The molecule has 0 fully saturated rings. The Balaban J connectivity index is 1.69.